The van der Waals surface area contributed by atoms with Crippen molar-refractivity contribution in [2.45, 2.75) is 38.6 Å². The predicted octanol–water partition coefficient (Wildman–Crippen LogP) is 2.30. The fourth-order valence-electron chi connectivity index (χ4n) is 3.07. The van der Waals surface area contributed by atoms with Gasteiger partial charge in [0.25, 0.3) is 0 Å². The minimum Gasteiger partial charge on any atom is -0.463 e. The first kappa shape index (κ1) is 27.0. The minimum absolute atomic E-state index is 0.0286. The zero-order chi connectivity index (χ0) is 23.9. The maximum absolute atomic E-state index is 13.1. The van der Waals surface area contributed by atoms with Gasteiger partial charge in [-0.25, -0.2) is 4.39 Å². The van der Waals surface area contributed by atoms with E-state index in [1.54, 1.807) is 31.2 Å². The van der Waals surface area contributed by atoms with Crippen LogP contribution >= 0.6 is 0 Å². The molecule has 1 rings (SSSR count). The van der Waals surface area contributed by atoms with Crippen molar-refractivity contribution in [2.75, 3.05) is 19.8 Å². The summed E-state index contributed by atoms with van der Waals surface area (Å²) in [6.07, 6.45) is 4.25. The van der Waals surface area contributed by atoms with Crippen LogP contribution in [0.5, 0.6) is 0 Å². The van der Waals surface area contributed by atoms with Gasteiger partial charge in [0.15, 0.2) is 0 Å². The van der Waals surface area contributed by atoms with Gasteiger partial charge in [0.1, 0.15) is 12.4 Å². The molecule has 0 fully saturated rings. The number of hydrogen-bond acceptors (Lipinski definition) is 5. The van der Waals surface area contributed by atoms with Gasteiger partial charge >= 0.3 is 5.97 Å². The largest absolute Gasteiger partial charge is 0.463 e. The molecule has 7 nitrogen and oxygen atoms in total. The summed E-state index contributed by atoms with van der Waals surface area (Å²) in [5, 5.41) is 14.0. The van der Waals surface area contributed by atoms with Crippen LogP contribution in [0.2, 0.25) is 0 Å². The van der Waals surface area contributed by atoms with E-state index in [9.17, 15) is 18.8 Å². The quantitative estimate of drug-likeness (QED) is 0.282. The van der Waals surface area contributed by atoms with Gasteiger partial charge < -0.3 is 20.5 Å². The summed E-state index contributed by atoms with van der Waals surface area (Å²) >= 11 is 0. The zero-order valence-electron chi connectivity index (χ0n) is 18.5. The lowest BCUT2D eigenvalue weighted by Gasteiger charge is -2.21. The average molecular weight is 449 g/mol. The molecular formula is C24H33FN2O5. The topological polar surface area (TPSA) is 105 Å². The molecule has 0 aliphatic carbocycles. The Morgan fingerprint density at radius 3 is 2.34 bits per heavy atom. The number of nitrogens with one attached hydrogen (secondary N) is 2. The second-order valence-corrected chi connectivity index (χ2v) is 7.59. The Balaban J connectivity index is 2.58. The van der Waals surface area contributed by atoms with Crippen LogP contribution < -0.4 is 10.6 Å². The summed E-state index contributed by atoms with van der Waals surface area (Å²) in [4.78, 5) is 36.9. The molecule has 3 N–H and O–H groups in total. The maximum Gasteiger partial charge on any atom is 0.309 e. The van der Waals surface area contributed by atoms with E-state index < -0.39 is 23.8 Å². The van der Waals surface area contributed by atoms with Crippen LogP contribution in [0, 0.1) is 17.7 Å². The third-order valence-corrected chi connectivity index (χ3v) is 4.73. The highest BCUT2D eigenvalue weighted by Gasteiger charge is 2.24. The van der Waals surface area contributed by atoms with E-state index >= 15 is 0 Å². The molecule has 1 aromatic rings. The third-order valence-electron chi connectivity index (χ3n) is 4.73. The number of aliphatic hydroxyl groups excluding tert-OH is 1. The number of halogens is 1. The van der Waals surface area contributed by atoms with Gasteiger partial charge in [-0.05, 0) is 43.9 Å². The Kier molecular flexibility index (Phi) is 12.6. The average Bonchev–Trinajstić information content (AvgIpc) is 2.76. The summed E-state index contributed by atoms with van der Waals surface area (Å²) in [6.45, 7) is 8.90. The summed E-state index contributed by atoms with van der Waals surface area (Å²) in [5.41, 5.74) is 0.809. The smallest absolute Gasteiger partial charge is 0.309 e. The lowest BCUT2D eigenvalue weighted by atomic mass is 9.96. The molecule has 0 saturated carbocycles. The van der Waals surface area contributed by atoms with Gasteiger partial charge in [0, 0.05) is 13.0 Å². The molecule has 32 heavy (non-hydrogen) atoms. The molecule has 0 heterocycles. The number of amides is 2. The highest BCUT2D eigenvalue weighted by molar-refractivity contribution is 5.86. The van der Waals surface area contributed by atoms with Crippen LogP contribution in [-0.4, -0.2) is 48.7 Å². The van der Waals surface area contributed by atoms with Crippen molar-refractivity contribution in [3.63, 3.8) is 0 Å². The van der Waals surface area contributed by atoms with Crippen LogP contribution in [-0.2, 0) is 25.5 Å². The molecule has 2 amide bonds. The molecule has 0 aliphatic rings. The van der Waals surface area contributed by atoms with Gasteiger partial charge in [-0.1, -0.05) is 24.3 Å². The van der Waals surface area contributed by atoms with E-state index in [0.717, 1.165) is 5.56 Å². The SMILES string of the molecule is C=CC[C@H](CC(=O)NCCO)C(=O)N[C@H](C)COC(=O)[C@@H](CC=C)Cc1ccc(F)cc1. The van der Waals surface area contributed by atoms with Crippen molar-refractivity contribution in [2.24, 2.45) is 11.8 Å². The number of benzene rings is 1. The monoisotopic (exact) mass is 448 g/mol. The second-order valence-electron chi connectivity index (χ2n) is 7.59. The van der Waals surface area contributed by atoms with Crippen LogP contribution in [0.1, 0.15) is 31.7 Å². The molecule has 0 saturated heterocycles. The molecule has 0 radical (unpaired) electrons. The first-order valence-electron chi connectivity index (χ1n) is 10.6. The Bertz CT molecular complexity index is 766. The van der Waals surface area contributed by atoms with E-state index in [1.807, 2.05) is 0 Å². The zero-order valence-corrected chi connectivity index (χ0v) is 18.5. The molecule has 0 aromatic heterocycles. The Hall–Kier alpha value is -3.00. The minimum atomic E-state index is -0.615. The summed E-state index contributed by atoms with van der Waals surface area (Å²) in [7, 11) is 0. The number of ether oxygens (including phenoxy) is 1. The van der Waals surface area contributed by atoms with Crippen LogP contribution in [0.3, 0.4) is 0 Å². The fraction of sp³-hybridized carbons (Fsp3) is 0.458. The van der Waals surface area contributed by atoms with Gasteiger partial charge in [-0.15, -0.1) is 13.2 Å². The highest BCUT2D eigenvalue weighted by atomic mass is 19.1. The Morgan fingerprint density at radius 2 is 1.75 bits per heavy atom. The van der Waals surface area contributed by atoms with E-state index in [-0.39, 0.29) is 43.8 Å². The van der Waals surface area contributed by atoms with Gasteiger partial charge in [0.2, 0.25) is 11.8 Å². The molecule has 3 atom stereocenters. The predicted molar refractivity (Wildman–Crippen MR) is 120 cm³/mol. The van der Waals surface area contributed by atoms with Crippen molar-refractivity contribution in [3.8, 4) is 0 Å². The van der Waals surface area contributed by atoms with Crippen molar-refractivity contribution in [3.05, 3.63) is 61.0 Å². The number of carbonyl (C=O) groups is 3. The molecule has 0 spiro atoms. The number of esters is 1. The van der Waals surface area contributed by atoms with Crippen molar-refractivity contribution < 1.29 is 28.6 Å². The fourth-order valence-corrected chi connectivity index (χ4v) is 3.07. The van der Waals surface area contributed by atoms with E-state index in [0.29, 0.717) is 19.3 Å². The number of aliphatic hydroxyl groups is 1. The van der Waals surface area contributed by atoms with Crippen LogP contribution in [0.4, 0.5) is 4.39 Å². The number of hydrogen-bond donors (Lipinski definition) is 3. The van der Waals surface area contributed by atoms with Crippen molar-refractivity contribution in [1.29, 1.82) is 0 Å². The van der Waals surface area contributed by atoms with E-state index in [1.165, 1.54) is 12.1 Å². The molecule has 8 heteroatoms. The summed E-state index contributed by atoms with van der Waals surface area (Å²) < 4.78 is 18.5. The van der Waals surface area contributed by atoms with Crippen LogP contribution in [0.15, 0.2) is 49.6 Å². The summed E-state index contributed by atoms with van der Waals surface area (Å²) in [5.74, 6) is -2.54. The first-order valence-corrected chi connectivity index (χ1v) is 10.6. The molecule has 1 aromatic carbocycles. The van der Waals surface area contributed by atoms with Crippen LogP contribution in [0.25, 0.3) is 0 Å². The molecular weight excluding hydrogens is 415 g/mol. The maximum atomic E-state index is 13.1. The van der Waals surface area contributed by atoms with Gasteiger partial charge in [-0.2, -0.15) is 0 Å². The standard InChI is InChI=1S/C24H33FN2O5/c1-4-6-19(15-22(29)26-12-13-28)23(30)27-17(3)16-32-24(31)20(7-5-2)14-18-8-10-21(25)11-9-18/h4-5,8-11,17,19-20,28H,1-2,6-7,12-16H2,3H3,(H,26,29)(H,27,30)/t17-,19-,20+/m1/s1. The van der Waals surface area contributed by atoms with Gasteiger partial charge in [-0.3, -0.25) is 14.4 Å². The number of allylic oxidation sites excluding steroid dienone is 2. The number of rotatable bonds is 15. The highest BCUT2D eigenvalue weighted by Crippen LogP contribution is 2.16. The van der Waals surface area contributed by atoms with Crippen molar-refractivity contribution in [1.82, 2.24) is 10.6 Å². The molecule has 176 valence electrons. The second kappa shape index (κ2) is 14.9. The normalized spacial score (nSPS) is 13.3. The lowest BCUT2D eigenvalue weighted by Crippen LogP contribution is -2.42. The van der Waals surface area contributed by atoms with Gasteiger partial charge in [0.05, 0.1) is 24.5 Å². The number of carbonyl (C=O) groups excluding carboxylic acids is 3. The van der Waals surface area contributed by atoms with E-state index in [2.05, 4.69) is 23.8 Å². The first-order chi connectivity index (χ1) is 15.3. The van der Waals surface area contributed by atoms with E-state index in [4.69, 9.17) is 9.84 Å². The molecule has 0 aliphatic heterocycles. The molecule has 0 unspecified atom stereocenters. The lowest BCUT2D eigenvalue weighted by molar-refractivity contribution is -0.149. The molecule has 0 bridgehead atoms. The van der Waals surface area contributed by atoms with Crippen molar-refractivity contribution >= 4 is 17.8 Å². The third kappa shape index (κ3) is 10.3. The Labute approximate surface area is 188 Å². The summed E-state index contributed by atoms with van der Waals surface area (Å²) in [6, 6.07) is 5.46. The Morgan fingerprint density at radius 1 is 1.12 bits per heavy atom.